The second kappa shape index (κ2) is 8.90. The summed E-state index contributed by atoms with van der Waals surface area (Å²) in [5, 5.41) is 16.9. The average molecular weight is 473 g/mol. The second-order valence-corrected chi connectivity index (χ2v) is 10.3. The predicted molar refractivity (Wildman–Crippen MR) is 126 cm³/mol. The molecule has 4 rings (SSSR count). The summed E-state index contributed by atoms with van der Waals surface area (Å²) in [7, 11) is 0. The van der Waals surface area contributed by atoms with Gasteiger partial charge in [-0.15, -0.1) is 0 Å². The molecule has 0 radical (unpaired) electrons. The Morgan fingerprint density at radius 1 is 1.35 bits per heavy atom. The van der Waals surface area contributed by atoms with E-state index in [1.54, 1.807) is 22.5 Å². The molecule has 2 aromatic heterocycles. The second-order valence-electron chi connectivity index (χ2n) is 10.3. The van der Waals surface area contributed by atoms with E-state index in [2.05, 4.69) is 10.4 Å². The average Bonchev–Trinajstić information content (AvgIpc) is 3.49. The highest BCUT2D eigenvalue weighted by Crippen LogP contribution is 2.23. The van der Waals surface area contributed by atoms with Crippen molar-refractivity contribution in [2.45, 2.75) is 65.6 Å². The number of aromatic hydroxyl groups is 1. The van der Waals surface area contributed by atoms with Gasteiger partial charge in [0.05, 0.1) is 36.6 Å². The lowest BCUT2D eigenvalue weighted by molar-refractivity contribution is -0.686. The summed E-state index contributed by atoms with van der Waals surface area (Å²) >= 11 is 0. The van der Waals surface area contributed by atoms with Crippen molar-refractivity contribution in [2.75, 3.05) is 19.8 Å². The Hall–Kier alpha value is -3.14. The Morgan fingerprint density at radius 3 is 2.68 bits per heavy atom. The van der Waals surface area contributed by atoms with Crippen molar-refractivity contribution in [1.29, 1.82) is 0 Å². The molecule has 0 bridgehead atoms. The van der Waals surface area contributed by atoms with Crippen LogP contribution in [0.2, 0.25) is 0 Å². The number of fused-ring (bicyclic) bond motifs is 1. The molecule has 1 aliphatic heterocycles. The molecule has 2 aromatic rings. The number of H-pyrrole nitrogens is 1. The fourth-order valence-electron chi connectivity index (χ4n) is 4.36. The molecule has 10 nitrogen and oxygen atoms in total. The smallest absolute Gasteiger partial charge is 0.378 e. The van der Waals surface area contributed by atoms with E-state index in [0.29, 0.717) is 43.2 Å². The van der Waals surface area contributed by atoms with E-state index < -0.39 is 17.0 Å². The molecule has 1 saturated heterocycles. The SMILES string of the molecule is Cc1[nH]n2c(=O)c(C(=O)NC3CC3)c(O)[n+](CC(C)C)c2c1/C=C/C(=O)N1CCOCC1(C)C. The van der Waals surface area contributed by atoms with E-state index in [1.807, 2.05) is 27.7 Å². The lowest BCUT2D eigenvalue weighted by Crippen LogP contribution is -2.55. The molecule has 0 unspecified atom stereocenters. The van der Waals surface area contributed by atoms with Gasteiger partial charge in [-0.05, 0) is 45.6 Å². The van der Waals surface area contributed by atoms with E-state index in [0.717, 1.165) is 12.8 Å². The van der Waals surface area contributed by atoms with Gasteiger partial charge in [0.15, 0.2) is 0 Å². The topological polar surface area (TPSA) is 120 Å². The van der Waals surface area contributed by atoms with E-state index in [4.69, 9.17) is 4.74 Å². The molecule has 1 saturated carbocycles. The quantitative estimate of drug-likeness (QED) is 0.430. The third kappa shape index (κ3) is 4.46. The molecule has 2 fully saturated rings. The minimum absolute atomic E-state index is 0.0462. The van der Waals surface area contributed by atoms with Gasteiger partial charge < -0.3 is 20.1 Å². The van der Waals surface area contributed by atoms with Gasteiger partial charge in [-0.25, -0.2) is 9.89 Å². The highest BCUT2D eigenvalue weighted by molar-refractivity contribution is 5.96. The number of nitrogens with zero attached hydrogens (tertiary/aromatic N) is 3. The first-order valence-electron chi connectivity index (χ1n) is 11.8. The monoisotopic (exact) mass is 472 g/mol. The molecule has 1 aliphatic carbocycles. The molecule has 2 aliphatic rings. The number of rotatable bonds is 6. The van der Waals surface area contributed by atoms with E-state index in [9.17, 15) is 19.5 Å². The number of morpholine rings is 1. The lowest BCUT2D eigenvalue weighted by Gasteiger charge is -2.41. The fourth-order valence-corrected chi connectivity index (χ4v) is 4.36. The molecular formula is C24H34N5O5+. The maximum Gasteiger partial charge on any atom is 0.378 e. The van der Waals surface area contributed by atoms with Gasteiger partial charge in [-0.3, -0.25) is 9.59 Å². The highest BCUT2D eigenvalue weighted by Gasteiger charge is 2.36. The molecule has 0 atom stereocenters. The Bertz CT molecular complexity index is 1220. The van der Waals surface area contributed by atoms with E-state index in [1.165, 1.54) is 10.6 Å². The summed E-state index contributed by atoms with van der Waals surface area (Å²) in [6, 6.07) is 0.0462. The summed E-state index contributed by atoms with van der Waals surface area (Å²) in [6.45, 7) is 11.5. The Balaban J connectivity index is 1.81. The first-order chi connectivity index (χ1) is 16.0. The van der Waals surface area contributed by atoms with Crippen LogP contribution in [0.5, 0.6) is 5.88 Å². The number of carbonyl (C=O) groups excluding carboxylic acids is 2. The molecule has 0 aromatic carbocycles. The number of carbonyl (C=O) groups is 2. The Kier molecular flexibility index (Phi) is 6.28. The van der Waals surface area contributed by atoms with Crippen molar-refractivity contribution in [3.05, 3.63) is 33.3 Å². The molecule has 3 N–H and O–H groups in total. The molecule has 184 valence electrons. The summed E-state index contributed by atoms with van der Waals surface area (Å²) in [4.78, 5) is 40.8. The van der Waals surface area contributed by atoms with Crippen LogP contribution in [0.4, 0.5) is 0 Å². The van der Waals surface area contributed by atoms with Gasteiger partial charge in [-0.1, -0.05) is 18.4 Å². The largest absolute Gasteiger partial charge is 0.477 e. The molecular weight excluding hydrogens is 438 g/mol. The van der Waals surface area contributed by atoms with Crippen LogP contribution in [0.1, 0.15) is 62.2 Å². The van der Waals surface area contributed by atoms with Gasteiger partial charge in [0.1, 0.15) is 0 Å². The number of hydrogen-bond donors (Lipinski definition) is 3. The summed E-state index contributed by atoms with van der Waals surface area (Å²) in [6.07, 6.45) is 4.88. The third-order valence-electron chi connectivity index (χ3n) is 6.28. The number of amides is 2. The van der Waals surface area contributed by atoms with Crippen molar-refractivity contribution in [3.63, 3.8) is 0 Å². The zero-order valence-corrected chi connectivity index (χ0v) is 20.5. The molecule has 3 heterocycles. The van der Waals surface area contributed by atoms with Crippen LogP contribution in [-0.4, -0.2) is 62.8 Å². The molecule has 0 spiro atoms. The van der Waals surface area contributed by atoms with Gasteiger partial charge in [-0.2, -0.15) is 4.57 Å². The first-order valence-corrected chi connectivity index (χ1v) is 11.8. The van der Waals surface area contributed by atoms with E-state index >= 15 is 0 Å². The molecule has 10 heteroatoms. The lowest BCUT2D eigenvalue weighted by atomic mass is 10.0. The van der Waals surface area contributed by atoms with Crippen molar-refractivity contribution >= 4 is 23.5 Å². The van der Waals surface area contributed by atoms with Crippen molar-refractivity contribution in [1.82, 2.24) is 19.8 Å². The minimum atomic E-state index is -0.631. The normalized spacial score (nSPS) is 18.2. The number of hydrogen-bond acceptors (Lipinski definition) is 5. The third-order valence-corrected chi connectivity index (χ3v) is 6.28. The van der Waals surface area contributed by atoms with E-state index in [-0.39, 0.29) is 29.3 Å². The summed E-state index contributed by atoms with van der Waals surface area (Å²) < 4.78 is 8.35. The predicted octanol–water partition coefficient (Wildman–Crippen LogP) is 1.13. The van der Waals surface area contributed by atoms with Gasteiger partial charge in [0, 0.05) is 18.7 Å². The Morgan fingerprint density at radius 2 is 2.06 bits per heavy atom. The Labute approximate surface area is 198 Å². The van der Waals surface area contributed by atoms with Crippen molar-refractivity contribution < 1.29 is 24.0 Å². The number of aromatic amines is 1. The van der Waals surface area contributed by atoms with Crippen molar-refractivity contribution in [2.24, 2.45) is 5.92 Å². The number of aromatic nitrogens is 3. The first kappa shape index (κ1) is 24.0. The standard InChI is InChI=1S/C24H33N5O5/c1-14(2)12-27-21-17(8-9-18(30)28-10-11-34-13-24(28,4)5)15(3)26-29(21)23(33)19(22(27)32)20(31)25-16-6-7-16/h8-9,14,16H,6-7,10-13H2,1-5H3,(H2,25,31,32,33)/p+1/b9-8+. The van der Waals surface area contributed by atoms with Gasteiger partial charge >= 0.3 is 17.1 Å². The number of ether oxygens (including phenoxy) is 1. The summed E-state index contributed by atoms with van der Waals surface area (Å²) in [5.41, 5.74) is 0.301. The zero-order valence-electron chi connectivity index (χ0n) is 20.5. The summed E-state index contributed by atoms with van der Waals surface area (Å²) in [5.74, 6) is -0.981. The maximum atomic E-state index is 13.3. The van der Waals surface area contributed by atoms with Gasteiger partial charge in [0.25, 0.3) is 5.91 Å². The van der Waals surface area contributed by atoms with Crippen LogP contribution in [0, 0.1) is 12.8 Å². The van der Waals surface area contributed by atoms with Crippen LogP contribution in [-0.2, 0) is 16.1 Å². The van der Waals surface area contributed by atoms with Gasteiger partial charge in [0.2, 0.25) is 11.5 Å². The molecule has 2 amide bonds. The van der Waals surface area contributed by atoms with Crippen LogP contribution in [0.3, 0.4) is 0 Å². The van der Waals surface area contributed by atoms with Crippen LogP contribution < -0.4 is 15.4 Å². The zero-order chi connectivity index (χ0) is 24.8. The number of aryl methyl sites for hydroxylation is 1. The number of nitrogens with one attached hydrogen (secondary N) is 2. The maximum absolute atomic E-state index is 13.3. The van der Waals surface area contributed by atoms with Crippen LogP contribution in [0.15, 0.2) is 10.9 Å². The van der Waals surface area contributed by atoms with Crippen LogP contribution >= 0.6 is 0 Å². The van der Waals surface area contributed by atoms with Crippen LogP contribution in [0.25, 0.3) is 11.7 Å². The fraction of sp³-hybridized carbons (Fsp3) is 0.583. The highest BCUT2D eigenvalue weighted by atomic mass is 16.5. The minimum Gasteiger partial charge on any atom is -0.477 e. The van der Waals surface area contributed by atoms with Crippen molar-refractivity contribution in [3.8, 4) is 5.88 Å². The molecule has 34 heavy (non-hydrogen) atoms.